The predicted octanol–water partition coefficient (Wildman–Crippen LogP) is 5.00. The van der Waals surface area contributed by atoms with Crippen molar-refractivity contribution in [3.63, 3.8) is 0 Å². The first-order valence-electron chi connectivity index (χ1n) is 8.93. The minimum Gasteiger partial charge on any atom is -0.360 e. The Bertz CT molecular complexity index is 604. The molecule has 1 aliphatic rings. The molecule has 0 unspecified atom stereocenters. The topological polar surface area (TPSA) is 15.3 Å². The highest BCUT2D eigenvalue weighted by Crippen LogP contribution is 2.18. The molecular formula is C20H26N2S2. The summed E-state index contributed by atoms with van der Waals surface area (Å²) in [6.07, 6.45) is 7.57. The number of thiophene rings is 1. The van der Waals surface area contributed by atoms with Gasteiger partial charge in [-0.05, 0) is 48.5 Å². The van der Waals surface area contributed by atoms with E-state index in [1.807, 2.05) is 11.3 Å². The molecule has 2 nitrogen and oxygen atoms in total. The van der Waals surface area contributed by atoms with Crippen LogP contribution < -0.4 is 5.32 Å². The van der Waals surface area contributed by atoms with Crippen LogP contribution in [0, 0.1) is 0 Å². The lowest BCUT2D eigenvalue weighted by Crippen LogP contribution is -2.45. The van der Waals surface area contributed by atoms with Crippen molar-refractivity contribution in [1.29, 1.82) is 0 Å². The van der Waals surface area contributed by atoms with Gasteiger partial charge in [-0.25, -0.2) is 0 Å². The van der Waals surface area contributed by atoms with Crippen molar-refractivity contribution in [3.8, 4) is 0 Å². The fraction of sp³-hybridized carbons (Fsp3) is 0.450. The molecule has 24 heavy (non-hydrogen) atoms. The van der Waals surface area contributed by atoms with E-state index in [0.29, 0.717) is 6.04 Å². The third-order valence-electron chi connectivity index (χ3n) is 4.66. The van der Waals surface area contributed by atoms with Crippen LogP contribution in [0.4, 0.5) is 0 Å². The molecule has 2 aromatic rings. The summed E-state index contributed by atoms with van der Waals surface area (Å²) in [5, 5.41) is 6.69. The Morgan fingerprint density at radius 2 is 1.88 bits per heavy atom. The second kappa shape index (κ2) is 9.19. The zero-order chi connectivity index (χ0) is 16.6. The van der Waals surface area contributed by atoms with Gasteiger partial charge in [0.25, 0.3) is 0 Å². The van der Waals surface area contributed by atoms with Crippen LogP contribution in [0.25, 0.3) is 0 Å². The van der Waals surface area contributed by atoms with Gasteiger partial charge in [0, 0.05) is 17.5 Å². The summed E-state index contributed by atoms with van der Waals surface area (Å²) in [5.74, 6) is 0. The molecule has 0 spiro atoms. The van der Waals surface area contributed by atoms with Crippen molar-refractivity contribution in [2.24, 2.45) is 0 Å². The first-order valence-corrected chi connectivity index (χ1v) is 10.2. The van der Waals surface area contributed by atoms with Crippen LogP contribution >= 0.6 is 23.6 Å². The van der Waals surface area contributed by atoms with E-state index in [4.69, 9.17) is 12.2 Å². The number of nitrogens with one attached hydrogen (secondary N) is 1. The number of benzene rings is 1. The van der Waals surface area contributed by atoms with Gasteiger partial charge in [-0.15, -0.1) is 11.3 Å². The zero-order valence-electron chi connectivity index (χ0n) is 14.1. The smallest absolute Gasteiger partial charge is 0.169 e. The molecule has 0 aliphatic heterocycles. The maximum absolute atomic E-state index is 5.76. The second-order valence-electron chi connectivity index (χ2n) is 6.52. The molecule has 1 saturated carbocycles. The summed E-state index contributed by atoms with van der Waals surface area (Å²) < 4.78 is 0. The summed E-state index contributed by atoms with van der Waals surface area (Å²) in [5.41, 5.74) is 1.37. The molecule has 1 aromatic carbocycles. The van der Waals surface area contributed by atoms with Gasteiger partial charge in [0.15, 0.2) is 5.11 Å². The van der Waals surface area contributed by atoms with Gasteiger partial charge in [0.05, 0.1) is 6.54 Å². The molecule has 0 radical (unpaired) electrons. The molecule has 4 heteroatoms. The maximum atomic E-state index is 5.76. The van der Waals surface area contributed by atoms with E-state index in [0.717, 1.165) is 24.6 Å². The van der Waals surface area contributed by atoms with Crippen LogP contribution in [0.3, 0.4) is 0 Å². The van der Waals surface area contributed by atoms with E-state index in [1.165, 1.54) is 42.5 Å². The van der Waals surface area contributed by atoms with Gasteiger partial charge in [-0.1, -0.05) is 55.7 Å². The quantitative estimate of drug-likeness (QED) is 0.732. The molecule has 1 aromatic heterocycles. The molecule has 0 atom stereocenters. The number of rotatable bonds is 6. The maximum Gasteiger partial charge on any atom is 0.169 e. The Kier molecular flexibility index (Phi) is 6.67. The van der Waals surface area contributed by atoms with Gasteiger partial charge in [0.2, 0.25) is 0 Å². The number of nitrogens with zero attached hydrogens (tertiary/aromatic N) is 1. The van der Waals surface area contributed by atoms with Crippen LogP contribution in [0.2, 0.25) is 0 Å². The first-order chi connectivity index (χ1) is 11.8. The summed E-state index contributed by atoms with van der Waals surface area (Å²) in [4.78, 5) is 3.71. The molecule has 128 valence electrons. The zero-order valence-corrected chi connectivity index (χ0v) is 15.7. The van der Waals surface area contributed by atoms with E-state index in [9.17, 15) is 0 Å². The highest BCUT2D eigenvalue weighted by molar-refractivity contribution is 7.80. The molecule has 0 bridgehead atoms. The molecule has 0 amide bonds. The van der Waals surface area contributed by atoms with Crippen LogP contribution in [-0.4, -0.2) is 22.6 Å². The molecule has 0 saturated heterocycles. The minimum atomic E-state index is 0.564. The number of hydrogen-bond acceptors (Lipinski definition) is 2. The average Bonchev–Trinajstić information content (AvgIpc) is 3.13. The number of hydrogen-bond donors (Lipinski definition) is 1. The Balaban J connectivity index is 1.60. The molecule has 1 heterocycles. The highest BCUT2D eigenvalue weighted by Gasteiger charge is 2.17. The largest absolute Gasteiger partial charge is 0.360 e. The fourth-order valence-electron chi connectivity index (χ4n) is 3.26. The first kappa shape index (κ1) is 17.4. The molecule has 1 aliphatic carbocycles. The van der Waals surface area contributed by atoms with Crippen molar-refractivity contribution >= 4 is 28.7 Å². The van der Waals surface area contributed by atoms with Crippen molar-refractivity contribution in [2.75, 3.05) is 6.54 Å². The Morgan fingerprint density at radius 3 is 2.58 bits per heavy atom. The van der Waals surface area contributed by atoms with Gasteiger partial charge < -0.3 is 10.2 Å². The van der Waals surface area contributed by atoms with Gasteiger partial charge >= 0.3 is 0 Å². The molecule has 3 rings (SSSR count). The van der Waals surface area contributed by atoms with Crippen LogP contribution in [-0.2, 0) is 13.0 Å². The predicted molar refractivity (Wildman–Crippen MR) is 107 cm³/mol. The summed E-state index contributed by atoms with van der Waals surface area (Å²) >= 11 is 7.57. The lowest BCUT2D eigenvalue weighted by molar-refractivity contribution is 0.370. The van der Waals surface area contributed by atoms with Gasteiger partial charge in [0.1, 0.15) is 0 Å². The fourth-order valence-corrected chi connectivity index (χ4v) is 4.31. The Morgan fingerprint density at radius 1 is 1.08 bits per heavy atom. The third-order valence-corrected chi connectivity index (χ3v) is 5.90. The van der Waals surface area contributed by atoms with Crippen molar-refractivity contribution < 1.29 is 0 Å². The SMILES string of the molecule is S=C(NC1CCCCC1)N(CCc1ccccc1)Cc1cccs1. The van der Waals surface area contributed by atoms with E-state index in [1.54, 1.807) is 0 Å². The Labute approximate surface area is 154 Å². The Hall–Kier alpha value is -1.39. The summed E-state index contributed by atoms with van der Waals surface area (Å²) in [6.45, 7) is 1.86. The normalized spacial score (nSPS) is 15.2. The lowest BCUT2D eigenvalue weighted by Gasteiger charge is -2.30. The monoisotopic (exact) mass is 358 g/mol. The van der Waals surface area contributed by atoms with Gasteiger partial charge in [-0.3, -0.25) is 0 Å². The van der Waals surface area contributed by atoms with E-state index < -0.39 is 0 Å². The third kappa shape index (κ3) is 5.32. The molecule has 1 fully saturated rings. The summed E-state index contributed by atoms with van der Waals surface area (Å²) in [6, 6.07) is 15.6. The van der Waals surface area contributed by atoms with Crippen LogP contribution in [0.5, 0.6) is 0 Å². The van der Waals surface area contributed by atoms with Gasteiger partial charge in [-0.2, -0.15) is 0 Å². The number of thiocarbonyl (C=S) groups is 1. The highest BCUT2D eigenvalue weighted by atomic mass is 32.1. The van der Waals surface area contributed by atoms with Crippen molar-refractivity contribution in [2.45, 2.75) is 51.1 Å². The van der Waals surface area contributed by atoms with E-state index >= 15 is 0 Å². The van der Waals surface area contributed by atoms with E-state index in [2.05, 4.69) is 58.1 Å². The molecular weight excluding hydrogens is 332 g/mol. The van der Waals surface area contributed by atoms with Crippen LogP contribution in [0.15, 0.2) is 47.8 Å². The lowest BCUT2D eigenvalue weighted by atomic mass is 9.96. The van der Waals surface area contributed by atoms with Crippen molar-refractivity contribution in [3.05, 3.63) is 58.3 Å². The van der Waals surface area contributed by atoms with Crippen molar-refractivity contribution in [1.82, 2.24) is 10.2 Å². The van der Waals surface area contributed by atoms with E-state index in [-0.39, 0.29) is 0 Å². The average molecular weight is 359 g/mol. The second-order valence-corrected chi connectivity index (χ2v) is 7.94. The molecule has 1 N–H and O–H groups in total. The standard InChI is InChI=1S/C20H26N2S2/c23-20(21-18-10-5-2-6-11-18)22(16-19-12-7-15-24-19)14-13-17-8-3-1-4-9-17/h1,3-4,7-9,12,15,18H,2,5-6,10-11,13-14,16H2,(H,21,23). The minimum absolute atomic E-state index is 0.564. The van der Waals surface area contributed by atoms with Crippen LogP contribution in [0.1, 0.15) is 42.5 Å². The summed E-state index contributed by atoms with van der Waals surface area (Å²) in [7, 11) is 0.